The van der Waals surface area contributed by atoms with Gasteiger partial charge in [0.1, 0.15) is 5.84 Å². The van der Waals surface area contributed by atoms with Crippen LogP contribution in [-0.4, -0.2) is 12.9 Å². The lowest BCUT2D eigenvalue weighted by atomic mass is 10.0. The van der Waals surface area contributed by atoms with Gasteiger partial charge < -0.3 is 10.6 Å². The van der Waals surface area contributed by atoms with Crippen molar-refractivity contribution in [3.05, 3.63) is 64.2 Å². The number of benzene rings is 2. The third kappa shape index (κ3) is 3.37. The Morgan fingerprint density at radius 2 is 1.95 bits per heavy atom. The van der Waals surface area contributed by atoms with Crippen LogP contribution in [0, 0.1) is 12.3 Å². The molecule has 4 heteroatoms. The molecule has 1 atom stereocenters. The SMILES string of the molecule is Cc1ccc(C(=N)N)c(N(C)C(C)c2cccc(Cl)c2)c1. The van der Waals surface area contributed by atoms with E-state index in [1.54, 1.807) is 0 Å². The molecule has 0 aliphatic carbocycles. The van der Waals surface area contributed by atoms with Gasteiger partial charge in [-0.05, 0) is 49.2 Å². The summed E-state index contributed by atoms with van der Waals surface area (Å²) in [7, 11) is 2.01. The minimum absolute atomic E-state index is 0.0788. The summed E-state index contributed by atoms with van der Waals surface area (Å²) < 4.78 is 0. The molecule has 0 aliphatic rings. The second kappa shape index (κ2) is 6.19. The van der Waals surface area contributed by atoms with E-state index >= 15 is 0 Å². The summed E-state index contributed by atoms with van der Waals surface area (Å²) >= 11 is 6.07. The van der Waals surface area contributed by atoms with Gasteiger partial charge in [0, 0.05) is 23.3 Å². The fraction of sp³-hybridized carbons (Fsp3) is 0.235. The van der Waals surface area contributed by atoms with E-state index in [1.165, 1.54) is 0 Å². The highest BCUT2D eigenvalue weighted by Gasteiger charge is 2.17. The van der Waals surface area contributed by atoms with Crippen LogP contribution in [0.4, 0.5) is 5.69 Å². The summed E-state index contributed by atoms with van der Waals surface area (Å²) in [6.07, 6.45) is 0. The van der Waals surface area contributed by atoms with E-state index in [0.29, 0.717) is 0 Å². The zero-order valence-electron chi connectivity index (χ0n) is 12.5. The van der Waals surface area contributed by atoms with E-state index in [9.17, 15) is 0 Å². The van der Waals surface area contributed by atoms with E-state index in [4.69, 9.17) is 22.7 Å². The van der Waals surface area contributed by atoms with Crippen molar-refractivity contribution in [2.24, 2.45) is 5.73 Å². The Balaban J connectivity index is 2.41. The molecule has 3 nitrogen and oxygen atoms in total. The van der Waals surface area contributed by atoms with Gasteiger partial charge in [-0.3, -0.25) is 5.41 Å². The Hall–Kier alpha value is -2.00. The second-order valence-electron chi connectivity index (χ2n) is 5.28. The van der Waals surface area contributed by atoms with Gasteiger partial charge in [-0.2, -0.15) is 0 Å². The molecule has 0 heterocycles. The Morgan fingerprint density at radius 3 is 2.57 bits per heavy atom. The molecule has 0 amide bonds. The van der Waals surface area contributed by atoms with Crippen LogP contribution in [0.25, 0.3) is 0 Å². The number of anilines is 1. The lowest BCUT2D eigenvalue weighted by Crippen LogP contribution is -2.25. The molecule has 0 aromatic heterocycles. The number of halogens is 1. The number of hydrogen-bond acceptors (Lipinski definition) is 2. The van der Waals surface area contributed by atoms with Crippen LogP contribution in [0.3, 0.4) is 0 Å². The van der Waals surface area contributed by atoms with Gasteiger partial charge in [-0.15, -0.1) is 0 Å². The summed E-state index contributed by atoms with van der Waals surface area (Å²) in [5.41, 5.74) is 9.67. The lowest BCUT2D eigenvalue weighted by Gasteiger charge is -2.29. The molecule has 21 heavy (non-hydrogen) atoms. The first-order valence-electron chi connectivity index (χ1n) is 6.83. The molecular weight excluding hydrogens is 282 g/mol. The smallest absolute Gasteiger partial charge is 0.124 e. The molecular formula is C17H20ClN3. The van der Waals surface area contributed by atoms with Crippen LogP contribution in [0.15, 0.2) is 42.5 Å². The van der Waals surface area contributed by atoms with Crippen LogP contribution < -0.4 is 10.6 Å². The largest absolute Gasteiger partial charge is 0.384 e. The molecule has 110 valence electrons. The number of rotatable bonds is 4. The zero-order chi connectivity index (χ0) is 15.6. The molecule has 0 spiro atoms. The molecule has 0 radical (unpaired) electrons. The molecule has 0 aliphatic heterocycles. The highest BCUT2D eigenvalue weighted by Crippen LogP contribution is 2.30. The molecule has 3 N–H and O–H groups in total. The van der Waals surface area contributed by atoms with Crippen molar-refractivity contribution >= 4 is 23.1 Å². The number of nitrogens with two attached hydrogens (primary N) is 1. The number of nitrogen functional groups attached to an aromatic ring is 1. The first-order valence-corrected chi connectivity index (χ1v) is 7.21. The standard InChI is InChI=1S/C17H20ClN3/c1-11-7-8-15(17(19)20)16(9-11)21(3)12(2)13-5-4-6-14(18)10-13/h4-10,12H,1-3H3,(H3,19,20). The average Bonchev–Trinajstić information content (AvgIpc) is 2.45. The summed E-state index contributed by atoms with van der Waals surface area (Å²) in [4.78, 5) is 2.12. The predicted octanol–water partition coefficient (Wildman–Crippen LogP) is 4.13. The Bertz CT molecular complexity index is 667. The van der Waals surface area contributed by atoms with Gasteiger partial charge in [0.15, 0.2) is 0 Å². The van der Waals surface area contributed by atoms with E-state index in [2.05, 4.69) is 24.0 Å². The lowest BCUT2D eigenvalue weighted by molar-refractivity contribution is 0.739. The molecule has 0 fully saturated rings. The maximum absolute atomic E-state index is 7.75. The molecule has 2 rings (SSSR count). The van der Waals surface area contributed by atoms with E-state index in [1.807, 2.05) is 44.3 Å². The highest BCUT2D eigenvalue weighted by molar-refractivity contribution is 6.30. The summed E-state index contributed by atoms with van der Waals surface area (Å²) in [5.74, 6) is 0.0788. The van der Waals surface area contributed by atoms with Gasteiger partial charge in [0.25, 0.3) is 0 Å². The van der Waals surface area contributed by atoms with Crippen LogP contribution >= 0.6 is 11.6 Å². The molecule has 2 aromatic rings. The molecule has 0 saturated heterocycles. The summed E-state index contributed by atoms with van der Waals surface area (Å²) in [6, 6.07) is 13.9. The van der Waals surface area contributed by atoms with E-state index in [0.717, 1.165) is 27.4 Å². The first kappa shape index (κ1) is 15.4. The van der Waals surface area contributed by atoms with Gasteiger partial charge in [-0.1, -0.05) is 29.8 Å². The Kier molecular flexibility index (Phi) is 4.53. The van der Waals surface area contributed by atoms with Gasteiger partial charge in [0.05, 0.1) is 6.04 Å². The maximum atomic E-state index is 7.75. The fourth-order valence-electron chi connectivity index (χ4n) is 2.36. The van der Waals surface area contributed by atoms with Gasteiger partial charge in [0.2, 0.25) is 0 Å². The fourth-order valence-corrected chi connectivity index (χ4v) is 2.56. The van der Waals surface area contributed by atoms with Crippen molar-refractivity contribution in [2.45, 2.75) is 19.9 Å². The third-order valence-corrected chi connectivity index (χ3v) is 3.97. The quantitative estimate of drug-likeness (QED) is 0.659. The topological polar surface area (TPSA) is 53.1 Å². The molecule has 0 bridgehead atoms. The van der Waals surface area contributed by atoms with Crippen molar-refractivity contribution in [1.82, 2.24) is 0 Å². The van der Waals surface area contributed by atoms with Crippen LogP contribution in [-0.2, 0) is 0 Å². The van der Waals surface area contributed by atoms with Crippen LogP contribution in [0.1, 0.15) is 29.7 Å². The van der Waals surface area contributed by atoms with Gasteiger partial charge >= 0.3 is 0 Å². The number of aryl methyl sites for hydroxylation is 1. The normalized spacial score (nSPS) is 12.0. The average molecular weight is 302 g/mol. The van der Waals surface area contributed by atoms with Crippen molar-refractivity contribution in [3.63, 3.8) is 0 Å². The predicted molar refractivity (Wildman–Crippen MR) is 90.5 cm³/mol. The van der Waals surface area contributed by atoms with Crippen molar-refractivity contribution < 1.29 is 0 Å². The second-order valence-corrected chi connectivity index (χ2v) is 5.71. The van der Waals surface area contributed by atoms with Crippen LogP contribution in [0.5, 0.6) is 0 Å². The minimum Gasteiger partial charge on any atom is -0.384 e. The number of amidine groups is 1. The number of nitrogens with zero attached hydrogens (tertiary/aromatic N) is 1. The monoisotopic (exact) mass is 301 g/mol. The minimum atomic E-state index is 0.0788. The molecule has 0 saturated carbocycles. The van der Waals surface area contributed by atoms with Crippen molar-refractivity contribution in [3.8, 4) is 0 Å². The number of hydrogen-bond donors (Lipinski definition) is 2. The van der Waals surface area contributed by atoms with E-state index < -0.39 is 0 Å². The first-order chi connectivity index (χ1) is 9.90. The summed E-state index contributed by atoms with van der Waals surface area (Å²) in [6.45, 7) is 4.14. The van der Waals surface area contributed by atoms with Gasteiger partial charge in [-0.25, -0.2) is 0 Å². The Morgan fingerprint density at radius 1 is 1.24 bits per heavy atom. The highest BCUT2D eigenvalue weighted by atomic mass is 35.5. The Labute approximate surface area is 130 Å². The van der Waals surface area contributed by atoms with Crippen LogP contribution in [0.2, 0.25) is 5.02 Å². The molecule has 1 unspecified atom stereocenters. The third-order valence-electron chi connectivity index (χ3n) is 3.74. The maximum Gasteiger partial charge on any atom is 0.124 e. The van der Waals surface area contributed by atoms with E-state index in [-0.39, 0.29) is 11.9 Å². The molecule has 2 aromatic carbocycles. The zero-order valence-corrected chi connectivity index (χ0v) is 13.3. The van der Waals surface area contributed by atoms with Crippen molar-refractivity contribution in [2.75, 3.05) is 11.9 Å². The summed E-state index contributed by atoms with van der Waals surface area (Å²) in [5, 5.41) is 8.48. The number of nitrogens with one attached hydrogen (secondary N) is 1. The van der Waals surface area contributed by atoms with Crippen molar-refractivity contribution in [1.29, 1.82) is 5.41 Å².